The Kier molecular flexibility index (Phi) is 7.14. The second-order valence-electron chi connectivity index (χ2n) is 4.70. The number of rotatable bonds is 9. The summed E-state index contributed by atoms with van der Waals surface area (Å²) in [5, 5.41) is 11.9. The Morgan fingerprint density at radius 2 is 2.15 bits per heavy atom. The lowest BCUT2D eigenvalue weighted by Gasteiger charge is -2.10. The summed E-state index contributed by atoms with van der Waals surface area (Å²) in [4.78, 5) is 12.8. The van der Waals surface area contributed by atoms with Crippen LogP contribution in [-0.2, 0) is 11.3 Å². The number of nitrogens with one attached hydrogen (secondary N) is 1. The summed E-state index contributed by atoms with van der Waals surface area (Å²) in [6, 6.07) is 3.77. The molecule has 0 unspecified atom stereocenters. The smallest absolute Gasteiger partial charge is 0.335 e. The van der Waals surface area contributed by atoms with Crippen molar-refractivity contribution in [2.75, 3.05) is 40.4 Å². The summed E-state index contributed by atoms with van der Waals surface area (Å²) >= 11 is 0. The lowest BCUT2D eigenvalue weighted by Crippen LogP contribution is -2.23. The molecule has 0 atom stereocenters. The molecule has 0 aliphatic rings. The molecular formula is C14H21FN2O3. The maximum Gasteiger partial charge on any atom is 0.335 e. The van der Waals surface area contributed by atoms with Crippen LogP contribution in [0.2, 0.25) is 0 Å². The van der Waals surface area contributed by atoms with Crippen molar-refractivity contribution in [3.05, 3.63) is 35.1 Å². The van der Waals surface area contributed by atoms with Crippen molar-refractivity contribution in [1.82, 2.24) is 10.2 Å². The van der Waals surface area contributed by atoms with Gasteiger partial charge < -0.3 is 20.1 Å². The normalized spacial score (nSPS) is 11.0. The van der Waals surface area contributed by atoms with E-state index in [0.717, 1.165) is 6.54 Å². The van der Waals surface area contributed by atoms with E-state index < -0.39 is 11.8 Å². The zero-order chi connectivity index (χ0) is 15.0. The first-order chi connectivity index (χ1) is 9.50. The predicted molar refractivity (Wildman–Crippen MR) is 74.4 cm³/mol. The minimum Gasteiger partial charge on any atom is -0.478 e. The van der Waals surface area contributed by atoms with E-state index in [0.29, 0.717) is 25.3 Å². The molecule has 0 aromatic heterocycles. The zero-order valence-corrected chi connectivity index (χ0v) is 11.9. The molecule has 5 nitrogen and oxygen atoms in total. The predicted octanol–water partition coefficient (Wildman–Crippen LogP) is 1.19. The van der Waals surface area contributed by atoms with Crippen molar-refractivity contribution in [2.45, 2.75) is 6.54 Å². The highest BCUT2D eigenvalue weighted by molar-refractivity contribution is 5.87. The van der Waals surface area contributed by atoms with Crippen LogP contribution < -0.4 is 5.32 Å². The Bertz CT molecular complexity index is 438. The van der Waals surface area contributed by atoms with Gasteiger partial charge in [-0.05, 0) is 32.3 Å². The van der Waals surface area contributed by atoms with Gasteiger partial charge in [-0.2, -0.15) is 0 Å². The zero-order valence-electron chi connectivity index (χ0n) is 11.9. The van der Waals surface area contributed by atoms with Crippen LogP contribution in [0.5, 0.6) is 0 Å². The van der Waals surface area contributed by atoms with E-state index in [2.05, 4.69) is 5.32 Å². The number of nitrogens with zero attached hydrogens (tertiary/aromatic N) is 1. The van der Waals surface area contributed by atoms with Crippen LogP contribution in [0.1, 0.15) is 15.9 Å². The molecule has 0 fully saturated rings. The number of hydrogen-bond donors (Lipinski definition) is 2. The van der Waals surface area contributed by atoms with Gasteiger partial charge in [0.25, 0.3) is 0 Å². The molecule has 1 aromatic rings. The fraction of sp³-hybridized carbons (Fsp3) is 0.500. The molecule has 0 saturated carbocycles. The van der Waals surface area contributed by atoms with Crippen molar-refractivity contribution in [3.8, 4) is 0 Å². The van der Waals surface area contributed by atoms with Gasteiger partial charge in [0, 0.05) is 25.2 Å². The average molecular weight is 284 g/mol. The van der Waals surface area contributed by atoms with Crippen molar-refractivity contribution in [1.29, 1.82) is 0 Å². The summed E-state index contributed by atoms with van der Waals surface area (Å²) in [7, 11) is 3.94. The third-order valence-corrected chi connectivity index (χ3v) is 2.71. The lowest BCUT2D eigenvalue weighted by atomic mass is 10.1. The van der Waals surface area contributed by atoms with Crippen LogP contribution in [0.15, 0.2) is 18.2 Å². The van der Waals surface area contributed by atoms with Gasteiger partial charge >= 0.3 is 5.97 Å². The second-order valence-corrected chi connectivity index (χ2v) is 4.70. The first kappa shape index (κ1) is 16.6. The molecule has 0 radical (unpaired) electrons. The van der Waals surface area contributed by atoms with Gasteiger partial charge in [0.05, 0.1) is 18.8 Å². The molecule has 20 heavy (non-hydrogen) atoms. The number of hydrogen-bond acceptors (Lipinski definition) is 4. The molecule has 0 heterocycles. The van der Waals surface area contributed by atoms with Gasteiger partial charge in [0.15, 0.2) is 0 Å². The van der Waals surface area contributed by atoms with Crippen LogP contribution in [0.4, 0.5) is 4.39 Å². The van der Waals surface area contributed by atoms with Gasteiger partial charge in [-0.1, -0.05) is 0 Å². The Labute approximate surface area is 118 Å². The minimum absolute atomic E-state index is 0.0884. The lowest BCUT2D eigenvalue weighted by molar-refractivity contribution is 0.0696. The third kappa shape index (κ3) is 6.10. The van der Waals surface area contributed by atoms with E-state index in [1.807, 2.05) is 19.0 Å². The largest absolute Gasteiger partial charge is 0.478 e. The fourth-order valence-electron chi connectivity index (χ4n) is 1.56. The summed E-state index contributed by atoms with van der Waals surface area (Å²) in [6.07, 6.45) is 0. The minimum atomic E-state index is -1.06. The summed E-state index contributed by atoms with van der Waals surface area (Å²) < 4.78 is 18.9. The Balaban J connectivity index is 2.28. The molecule has 6 heteroatoms. The SMILES string of the molecule is CN(C)CCOCCNCc1cc(C(=O)O)ccc1F. The molecular weight excluding hydrogens is 263 g/mol. The van der Waals surface area contributed by atoms with Crippen LogP contribution in [0.3, 0.4) is 0 Å². The number of ether oxygens (including phenoxy) is 1. The number of carboxylic acids is 1. The molecule has 1 aromatic carbocycles. The van der Waals surface area contributed by atoms with Crippen molar-refractivity contribution < 1.29 is 19.0 Å². The number of halogens is 1. The maximum atomic E-state index is 13.5. The number of likely N-dealkylation sites (N-methyl/N-ethyl adjacent to an activating group) is 1. The molecule has 0 saturated heterocycles. The molecule has 0 amide bonds. The Morgan fingerprint density at radius 1 is 1.40 bits per heavy atom. The van der Waals surface area contributed by atoms with E-state index in [9.17, 15) is 9.18 Å². The molecule has 1 rings (SSSR count). The highest BCUT2D eigenvalue weighted by Gasteiger charge is 2.07. The van der Waals surface area contributed by atoms with E-state index in [4.69, 9.17) is 9.84 Å². The first-order valence-electron chi connectivity index (χ1n) is 6.45. The van der Waals surface area contributed by atoms with Crippen molar-refractivity contribution in [2.24, 2.45) is 0 Å². The van der Waals surface area contributed by atoms with E-state index in [1.165, 1.54) is 18.2 Å². The Morgan fingerprint density at radius 3 is 2.80 bits per heavy atom. The van der Waals surface area contributed by atoms with Crippen LogP contribution in [0.25, 0.3) is 0 Å². The summed E-state index contributed by atoms with van der Waals surface area (Å²) in [5.74, 6) is -1.46. The monoisotopic (exact) mass is 284 g/mol. The quantitative estimate of drug-likeness (QED) is 0.667. The highest BCUT2D eigenvalue weighted by atomic mass is 19.1. The molecule has 0 spiro atoms. The van der Waals surface area contributed by atoms with Crippen LogP contribution in [-0.4, -0.2) is 56.4 Å². The van der Waals surface area contributed by atoms with E-state index in [-0.39, 0.29) is 12.1 Å². The molecule has 0 bridgehead atoms. The second kappa shape index (κ2) is 8.63. The Hall–Kier alpha value is -1.50. The summed E-state index contributed by atoms with van der Waals surface area (Å²) in [6.45, 7) is 2.91. The number of benzene rings is 1. The van der Waals surface area contributed by atoms with E-state index in [1.54, 1.807) is 0 Å². The van der Waals surface area contributed by atoms with Gasteiger partial charge in [-0.3, -0.25) is 0 Å². The maximum absolute atomic E-state index is 13.5. The van der Waals surface area contributed by atoms with Gasteiger partial charge in [-0.25, -0.2) is 9.18 Å². The van der Waals surface area contributed by atoms with Crippen molar-refractivity contribution in [3.63, 3.8) is 0 Å². The third-order valence-electron chi connectivity index (χ3n) is 2.71. The topological polar surface area (TPSA) is 61.8 Å². The van der Waals surface area contributed by atoms with Gasteiger partial charge in [0.2, 0.25) is 0 Å². The average Bonchev–Trinajstić information content (AvgIpc) is 2.38. The number of aromatic carboxylic acids is 1. The van der Waals surface area contributed by atoms with Crippen LogP contribution in [0, 0.1) is 5.82 Å². The van der Waals surface area contributed by atoms with Gasteiger partial charge in [0.1, 0.15) is 5.82 Å². The molecule has 112 valence electrons. The first-order valence-corrected chi connectivity index (χ1v) is 6.45. The van der Waals surface area contributed by atoms with E-state index >= 15 is 0 Å². The standard InChI is InChI=1S/C14H21FN2O3/c1-17(2)6-8-20-7-5-16-10-12-9-11(14(18)19)3-4-13(12)15/h3-4,9,16H,5-8,10H2,1-2H3,(H,18,19). The van der Waals surface area contributed by atoms with Gasteiger partial charge in [-0.15, -0.1) is 0 Å². The molecule has 0 aliphatic heterocycles. The van der Waals surface area contributed by atoms with Crippen LogP contribution >= 0.6 is 0 Å². The number of carbonyl (C=O) groups is 1. The molecule has 2 N–H and O–H groups in total. The highest BCUT2D eigenvalue weighted by Crippen LogP contribution is 2.10. The fourth-order valence-corrected chi connectivity index (χ4v) is 1.56. The summed E-state index contributed by atoms with van der Waals surface area (Å²) in [5.41, 5.74) is 0.434. The van der Waals surface area contributed by atoms with Crippen molar-refractivity contribution >= 4 is 5.97 Å². The molecule has 0 aliphatic carbocycles. The number of carboxylic acid groups (broad SMARTS) is 1.